The largest absolute Gasteiger partial charge is 0.491 e. The second-order valence-corrected chi connectivity index (χ2v) is 6.62. The first-order chi connectivity index (χ1) is 7.79. The lowest BCUT2D eigenvalue weighted by Crippen LogP contribution is -2.12. The van der Waals surface area contributed by atoms with Crippen LogP contribution in [-0.4, -0.2) is 27.0 Å². The van der Waals surface area contributed by atoms with Crippen molar-refractivity contribution in [3.8, 4) is 5.75 Å². The summed E-state index contributed by atoms with van der Waals surface area (Å²) in [5.74, 6) is 0.443. The van der Waals surface area contributed by atoms with Crippen LogP contribution in [0.1, 0.15) is 18.5 Å². The monoisotopic (exact) mass is 277 g/mol. The Morgan fingerprint density at radius 2 is 2.12 bits per heavy atom. The molecule has 1 rings (SSSR count). The van der Waals surface area contributed by atoms with Gasteiger partial charge in [-0.05, 0) is 24.6 Å². The maximum absolute atomic E-state index is 10.9. The van der Waals surface area contributed by atoms with E-state index in [9.17, 15) is 8.42 Å². The molecule has 0 heterocycles. The quantitative estimate of drug-likeness (QED) is 0.891. The number of halogens is 1. The highest BCUT2D eigenvalue weighted by Gasteiger charge is 2.07. The minimum atomic E-state index is -3.02. The molecule has 0 bridgehead atoms. The number of sulfone groups is 1. The summed E-state index contributed by atoms with van der Waals surface area (Å²) in [7, 11) is -3.02. The third-order valence-electron chi connectivity index (χ3n) is 2.19. The molecule has 2 N–H and O–H groups in total. The number of nitrogens with two attached hydrogens (primary N) is 1. The maximum atomic E-state index is 10.9. The molecule has 17 heavy (non-hydrogen) atoms. The normalized spacial score (nSPS) is 13.4. The van der Waals surface area contributed by atoms with Gasteiger partial charge in [0.2, 0.25) is 0 Å². The molecule has 0 fully saturated rings. The summed E-state index contributed by atoms with van der Waals surface area (Å²) in [6, 6.07) is 5.13. The van der Waals surface area contributed by atoms with Crippen molar-refractivity contribution in [1.82, 2.24) is 0 Å². The highest BCUT2D eigenvalue weighted by atomic mass is 35.5. The molecule has 0 radical (unpaired) electrons. The fourth-order valence-electron chi connectivity index (χ4n) is 1.22. The van der Waals surface area contributed by atoms with Gasteiger partial charge in [0, 0.05) is 12.3 Å². The summed E-state index contributed by atoms with van der Waals surface area (Å²) >= 11 is 5.99. The van der Waals surface area contributed by atoms with E-state index in [-0.39, 0.29) is 18.4 Å². The molecule has 0 aliphatic rings. The lowest BCUT2D eigenvalue weighted by molar-refractivity contribution is 0.341. The van der Waals surface area contributed by atoms with E-state index < -0.39 is 9.84 Å². The van der Waals surface area contributed by atoms with E-state index in [4.69, 9.17) is 22.1 Å². The van der Waals surface area contributed by atoms with Crippen LogP contribution in [0.25, 0.3) is 0 Å². The minimum Gasteiger partial charge on any atom is -0.491 e. The van der Waals surface area contributed by atoms with Crippen molar-refractivity contribution in [3.05, 3.63) is 28.8 Å². The molecule has 96 valence electrons. The summed E-state index contributed by atoms with van der Waals surface area (Å²) in [5, 5.41) is 0.438. The van der Waals surface area contributed by atoms with Crippen LogP contribution < -0.4 is 10.5 Å². The van der Waals surface area contributed by atoms with Crippen LogP contribution in [0.5, 0.6) is 5.75 Å². The molecule has 1 aromatic rings. The van der Waals surface area contributed by atoms with Crippen LogP contribution in [0, 0.1) is 0 Å². The van der Waals surface area contributed by atoms with Crippen molar-refractivity contribution in [1.29, 1.82) is 0 Å². The first-order valence-electron chi connectivity index (χ1n) is 5.15. The molecule has 1 atom stereocenters. The van der Waals surface area contributed by atoms with E-state index in [0.29, 0.717) is 10.8 Å². The molecule has 4 nitrogen and oxygen atoms in total. The molecular formula is C11H16ClNO3S. The van der Waals surface area contributed by atoms with Gasteiger partial charge in [-0.25, -0.2) is 8.42 Å². The third-order valence-corrected chi connectivity index (χ3v) is 3.40. The number of benzene rings is 1. The molecule has 1 aromatic carbocycles. The van der Waals surface area contributed by atoms with Crippen molar-refractivity contribution >= 4 is 21.4 Å². The lowest BCUT2D eigenvalue weighted by Gasteiger charge is -2.10. The van der Waals surface area contributed by atoms with Gasteiger partial charge in [-0.3, -0.25) is 0 Å². The van der Waals surface area contributed by atoms with E-state index in [1.807, 2.05) is 13.0 Å². The van der Waals surface area contributed by atoms with Gasteiger partial charge in [0.05, 0.1) is 10.8 Å². The zero-order valence-corrected chi connectivity index (χ0v) is 11.4. The number of rotatable bonds is 5. The van der Waals surface area contributed by atoms with Gasteiger partial charge < -0.3 is 10.5 Å². The van der Waals surface area contributed by atoms with E-state index in [1.54, 1.807) is 12.1 Å². The van der Waals surface area contributed by atoms with Gasteiger partial charge in [0.25, 0.3) is 0 Å². The van der Waals surface area contributed by atoms with Gasteiger partial charge in [-0.1, -0.05) is 17.7 Å². The molecule has 0 saturated heterocycles. The Morgan fingerprint density at radius 3 is 2.59 bits per heavy atom. The summed E-state index contributed by atoms with van der Waals surface area (Å²) in [6.07, 6.45) is 1.16. The van der Waals surface area contributed by atoms with Gasteiger partial charge in [0.1, 0.15) is 12.4 Å². The summed E-state index contributed by atoms with van der Waals surface area (Å²) in [6.45, 7) is 1.95. The van der Waals surface area contributed by atoms with E-state index in [2.05, 4.69) is 0 Å². The Kier molecular flexibility index (Phi) is 4.80. The van der Waals surface area contributed by atoms with Crippen LogP contribution >= 0.6 is 11.6 Å². The fraction of sp³-hybridized carbons (Fsp3) is 0.455. The molecule has 0 aliphatic heterocycles. The van der Waals surface area contributed by atoms with Crippen molar-refractivity contribution in [2.45, 2.75) is 13.0 Å². The van der Waals surface area contributed by atoms with Gasteiger partial charge in [-0.2, -0.15) is 0 Å². The predicted molar refractivity (Wildman–Crippen MR) is 69.3 cm³/mol. The van der Waals surface area contributed by atoms with Crippen LogP contribution in [0.15, 0.2) is 18.2 Å². The lowest BCUT2D eigenvalue weighted by atomic mass is 10.1. The third kappa shape index (κ3) is 4.93. The SMILES string of the molecule is CC(N)c1ccc(OCCS(C)(=O)=O)c(Cl)c1. The molecular weight excluding hydrogens is 262 g/mol. The average molecular weight is 278 g/mol. The van der Waals surface area contributed by atoms with E-state index >= 15 is 0 Å². The Hall–Kier alpha value is -0.780. The average Bonchev–Trinajstić information content (AvgIpc) is 2.18. The van der Waals surface area contributed by atoms with Crippen molar-refractivity contribution in [3.63, 3.8) is 0 Å². The second-order valence-electron chi connectivity index (χ2n) is 3.96. The summed E-state index contributed by atoms with van der Waals surface area (Å²) < 4.78 is 27.1. The fourth-order valence-corrected chi connectivity index (χ4v) is 1.85. The Balaban J connectivity index is 2.67. The van der Waals surface area contributed by atoms with Gasteiger partial charge in [0.15, 0.2) is 9.84 Å². The molecule has 0 saturated carbocycles. The van der Waals surface area contributed by atoms with Crippen molar-refractivity contribution < 1.29 is 13.2 Å². The minimum absolute atomic E-state index is 0.0294. The zero-order chi connectivity index (χ0) is 13.1. The first kappa shape index (κ1) is 14.3. The Morgan fingerprint density at radius 1 is 1.47 bits per heavy atom. The topological polar surface area (TPSA) is 69.4 Å². The van der Waals surface area contributed by atoms with E-state index in [1.165, 1.54) is 0 Å². The Bertz CT molecular complexity index is 485. The number of hydrogen-bond acceptors (Lipinski definition) is 4. The molecule has 0 aliphatic carbocycles. The molecule has 0 amide bonds. The number of ether oxygens (including phenoxy) is 1. The maximum Gasteiger partial charge on any atom is 0.150 e. The molecule has 0 spiro atoms. The van der Waals surface area contributed by atoms with Crippen LogP contribution in [0.3, 0.4) is 0 Å². The second kappa shape index (κ2) is 5.71. The van der Waals surface area contributed by atoms with Crippen LogP contribution in [0.2, 0.25) is 5.02 Å². The van der Waals surface area contributed by atoms with Crippen molar-refractivity contribution in [2.75, 3.05) is 18.6 Å². The zero-order valence-electron chi connectivity index (χ0n) is 9.81. The smallest absolute Gasteiger partial charge is 0.150 e. The predicted octanol–water partition coefficient (Wildman–Crippen LogP) is 1.78. The summed E-state index contributed by atoms with van der Waals surface area (Å²) in [5.41, 5.74) is 6.62. The highest BCUT2D eigenvalue weighted by molar-refractivity contribution is 7.90. The van der Waals surface area contributed by atoms with Gasteiger partial charge >= 0.3 is 0 Å². The first-order valence-corrected chi connectivity index (χ1v) is 7.59. The van der Waals surface area contributed by atoms with Crippen LogP contribution in [0.4, 0.5) is 0 Å². The van der Waals surface area contributed by atoms with Crippen molar-refractivity contribution in [2.24, 2.45) is 5.73 Å². The summed E-state index contributed by atoms with van der Waals surface area (Å²) in [4.78, 5) is 0. The highest BCUT2D eigenvalue weighted by Crippen LogP contribution is 2.27. The molecule has 6 heteroatoms. The van der Waals surface area contributed by atoms with Crippen LogP contribution in [-0.2, 0) is 9.84 Å². The molecule has 0 aromatic heterocycles. The van der Waals surface area contributed by atoms with E-state index in [0.717, 1.165) is 11.8 Å². The molecule has 1 unspecified atom stereocenters. The Labute approximate surface area is 107 Å². The standard InChI is InChI=1S/C11H16ClNO3S/c1-8(13)9-3-4-11(10(12)7-9)16-5-6-17(2,14)15/h3-4,7-8H,5-6,13H2,1-2H3. The number of hydrogen-bond donors (Lipinski definition) is 1. The van der Waals surface area contributed by atoms with Gasteiger partial charge in [-0.15, -0.1) is 0 Å².